The molecule has 0 radical (unpaired) electrons. The van der Waals surface area contributed by atoms with Crippen LogP contribution in [0.3, 0.4) is 0 Å². The number of hydrogen-bond donors (Lipinski definition) is 0. The van der Waals surface area contributed by atoms with Crippen LogP contribution in [0.2, 0.25) is 0 Å². The molecule has 116 valence electrons. The molecule has 0 heterocycles. The van der Waals surface area contributed by atoms with E-state index < -0.39 is 27.1 Å². The highest BCUT2D eigenvalue weighted by Crippen LogP contribution is 2.55. The fourth-order valence-electron chi connectivity index (χ4n) is 2.85. The summed E-state index contributed by atoms with van der Waals surface area (Å²) in [7, 11) is 0. The van der Waals surface area contributed by atoms with E-state index in [4.69, 9.17) is 0 Å². The van der Waals surface area contributed by atoms with Crippen LogP contribution in [-0.2, 0) is 0 Å². The summed E-state index contributed by atoms with van der Waals surface area (Å²) in [6.07, 6.45) is 0.139. The minimum Gasteiger partial charge on any atom is -0.286 e. The Balaban J connectivity index is 1.93. The molecule has 0 aliphatic heterocycles. The normalized spacial score (nSPS) is 22.3. The Morgan fingerprint density at radius 2 is 1.61 bits per heavy atom. The predicted molar refractivity (Wildman–Crippen MR) is 81.0 cm³/mol. The van der Waals surface area contributed by atoms with Crippen LogP contribution >= 0.6 is 0 Å². The second kappa shape index (κ2) is 5.28. The molecule has 0 spiro atoms. The Kier molecular flexibility index (Phi) is 3.40. The predicted octanol–water partition coefficient (Wildman–Crippen LogP) is 2.98. The van der Waals surface area contributed by atoms with Gasteiger partial charge in [-0.05, 0) is 17.7 Å². The standard InChI is InChI=1S/C16H12N2O5/c19-15(12-6-8-13(9-7-12)17(20)21)16(18(22)23)10-14(16)11-4-2-1-3-5-11/h1-9,14H,10H2/t14-,16-/m0/s1. The van der Waals surface area contributed by atoms with Crippen LogP contribution in [0.25, 0.3) is 0 Å². The number of nitro benzene ring substituents is 1. The first kappa shape index (κ1) is 14.8. The number of carbonyl (C=O) groups is 1. The number of hydrogen-bond acceptors (Lipinski definition) is 5. The minimum atomic E-state index is -1.67. The Morgan fingerprint density at radius 1 is 1.00 bits per heavy atom. The molecular weight excluding hydrogens is 300 g/mol. The van der Waals surface area contributed by atoms with E-state index in [9.17, 15) is 25.0 Å². The van der Waals surface area contributed by atoms with E-state index in [2.05, 4.69) is 0 Å². The summed E-state index contributed by atoms with van der Waals surface area (Å²) in [6.45, 7) is 0. The van der Waals surface area contributed by atoms with Gasteiger partial charge >= 0.3 is 0 Å². The van der Waals surface area contributed by atoms with E-state index in [1.54, 1.807) is 30.3 Å². The second-order valence-corrected chi connectivity index (χ2v) is 5.48. The third-order valence-electron chi connectivity index (χ3n) is 4.19. The fraction of sp³-hybridized carbons (Fsp3) is 0.188. The molecule has 2 aromatic rings. The van der Waals surface area contributed by atoms with Gasteiger partial charge in [-0.1, -0.05) is 30.3 Å². The SMILES string of the molecule is O=C(c1ccc([N+](=O)[O-])cc1)[C@]1([N+](=O)[O-])C[C@H]1c1ccccc1. The lowest BCUT2D eigenvalue weighted by Crippen LogP contribution is -2.34. The van der Waals surface area contributed by atoms with Gasteiger partial charge in [0.05, 0.1) is 10.8 Å². The van der Waals surface area contributed by atoms with Crippen molar-refractivity contribution in [2.24, 2.45) is 0 Å². The Labute approximate surface area is 130 Å². The van der Waals surface area contributed by atoms with Crippen molar-refractivity contribution < 1.29 is 14.6 Å². The van der Waals surface area contributed by atoms with Gasteiger partial charge in [0.25, 0.3) is 11.2 Å². The number of nitro groups is 2. The molecule has 3 rings (SSSR count). The lowest BCUT2D eigenvalue weighted by Gasteiger charge is -2.09. The van der Waals surface area contributed by atoms with Crippen LogP contribution in [0.5, 0.6) is 0 Å². The van der Waals surface area contributed by atoms with Gasteiger partial charge in [-0.3, -0.25) is 25.0 Å². The van der Waals surface area contributed by atoms with Crippen molar-refractivity contribution in [2.45, 2.75) is 17.9 Å². The first-order valence-corrected chi connectivity index (χ1v) is 6.95. The van der Waals surface area contributed by atoms with Gasteiger partial charge in [0.1, 0.15) is 0 Å². The Hall–Kier alpha value is -3.09. The Morgan fingerprint density at radius 3 is 2.13 bits per heavy atom. The summed E-state index contributed by atoms with van der Waals surface area (Å²) in [5, 5.41) is 22.2. The summed E-state index contributed by atoms with van der Waals surface area (Å²) in [4.78, 5) is 33.7. The molecule has 7 heteroatoms. The molecule has 1 fully saturated rings. The van der Waals surface area contributed by atoms with Crippen LogP contribution in [0, 0.1) is 20.2 Å². The third kappa shape index (κ3) is 2.36. The van der Waals surface area contributed by atoms with Gasteiger partial charge in [-0.15, -0.1) is 0 Å². The van der Waals surface area contributed by atoms with E-state index in [0.717, 1.165) is 5.56 Å². The molecule has 2 atom stereocenters. The summed E-state index contributed by atoms with van der Waals surface area (Å²) < 4.78 is 0. The molecule has 0 saturated heterocycles. The van der Waals surface area contributed by atoms with Crippen LogP contribution < -0.4 is 0 Å². The van der Waals surface area contributed by atoms with Crippen LogP contribution in [-0.4, -0.2) is 21.2 Å². The first-order chi connectivity index (χ1) is 11.0. The monoisotopic (exact) mass is 312 g/mol. The average Bonchev–Trinajstić information content (AvgIpc) is 3.32. The number of Topliss-reactive ketones (excluding diaryl/α,β-unsaturated/α-hetero) is 1. The summed E-state index contributed by atoms with van der Waals surface area (Å²) >= 11 is 0. The molecular formula is C16H12N2O5. The number of nitrogens with zero attached hydrogens (tertiary/aromatic N) is 2. The zero-order valence-corrected chi connectivity index (χ0v) is 11.9. The maximum atomic E-state index is 12.6. The van der Waals surface area contributed by atoms with Crippen molar-refractivity contribution >= 4 is 11.5 Å². The molecule has 0 unspecified atom stereocenters. The minimum absolute atomic E-state index is 0.116. The van der Waals surface area contributed by atoms with E-state index >= 15 is 0 Å². The van der Waals surface area contributed by atoms with Gasteiger partial charge in [-0.2, -0.15) is 0 Å². The summed E-state index contributed by atoms with van der Waals surface area (Å²) in [5.74, 6) is -1.08. The number of carbonyl (C=O) groups excluding carboxylic acids is 1. The van der Waals surface area contributed by atoms with Crippen molar-refractivity contribution in [1.82, 2.24) is 0 Å². The molecule has 1 saturated carbocycles. The largest absolute Gasteiger partial charge is 0.291 e. The molecule has 1 aliphatic rings. The molecule has 0 bridgehead atoms. The second-order valence-electron chi connectivity index (χ2n) is 5.48. The van der Waals surface area contributed by atoms with E-state index in [-0.39, 0.29) is 17.7 Å². The molecule has 7 nitrogen and oxygen atoms in total. The van der Waals surface area contributed by atoms with Crippen molar-refractivity contribution in [1.29, 1.82) is 0 Å². The molecule has 2 aromatic carbocycles. The zero-order chi connectivity index (χ0) is 16.6. The van der Waals surface area contributed by atoms with Gasteiger partial charge in [0, 0.05) is 29.0 Å². The van der Waals surface area contributed by atoms with Crippen molar-refractivity contribution in [3.8, 4) is 0 Å². The zero-order valence-electron chi connectivity index (χ0n) is 11.9. The van der Waals surface area contributed by atoms with Gasteiger partial charge in [-0.25, -0.2) is 0 Å². The molecule has 0 aromatic heterocycles. The van der Waals surface area contributed by atoms with E-state index in [1.807, 2.05) is 0 Å². The van der Waals surface area contributed by atoms with Gasteiger partial charge in [0.15, 0.2) is 0 Å². The summed E-state index contributed by atoms with van der Waals surface area (Å²) in [5.41, 5.74) is -0.963. The number of rotatable bonds is 5. The number of benzene rings is 2. The van der Waals surface area contributed by atoms with Gasteiger partial charge in [0.2, 0.25) is 5.78 Å². The van der Waals surface area contributed by atoms with E-state index in [0.29, 0.717) is 0 Å². The van der Waals surface area contributed by atoms with Crippen molar-refractivity contribution in [2.75, 3.05) is 0 Å². The highest BCUT2D eigenvalue weighted by molar-refractivity contribution is 6.05. The highest BCUT2D eigenvalue weighted by atomic mass is 16.6. The maximum absolute atomic E-state index is 12.6. The summed E-state index contributed by atoms with van der Waals surface area (Å²) in [6, 6.07) is 13.8. The van der Waals surface area contributed by atoms with Crippen LogP contribution in [0.4, 0.5) is 5.69 Å². The lowest BCUT2D eigenvalue weighted by molar-refractivity contribution is -0.521. The quantitative estimate of drug-likeness (QED) is 0.479. The fourth-order valence-corrected chi connectivity index (χ4v) is 2.85. The van der Waals surface area contributed by atoms with Crippen molar-refractivity contribution in [3.05, 3.63) is 86.0 Å². The molecule has 23 heavy (non-hydrogen) atoms. The number of non-ortho nitro benzene ring substituents is 1. The van der Waals surface area contributed by atoms with Gasteiger partial charge < -0.3 is 0 Å². The lowest BCUT2D eigenvalue weighted by atomic mass is 9.97. The number of ketones is 1. The van der Waals surface area contributed by atoms with Crippen LogP contribution in [0.1, 0.15) is 28.3 Å². The third-order valence-corrected chi connectivity index (χ3v) is 4.19. The molecule has 0 N–H and O–H groups in total. The molecule has 0 amide bonds. The first-order valence-electron chi connectivity index (χ1n) is 6.95. The van der Waals surface area contributed by atoms with E-state index in [1.165, 1.54) is 24.3 Å². The van der Waals surface area contributed by atoms with Crippen LogP contribution in [0.15, 0.2) is 54.6 Å². The molecule has 1 aliphatic carbocycles. The topological polar surface area (TPSA) is 103 Å². The highest BCUT2D eigenvalue weighted by Gasteiger charge is 2.72. The van der Waals surface area contributed by atoms with Crippen molar-refractivity contribution in [3.63, 3.8) is 0 Å². The average molecular weight is 312 g/mol. The Bertz CT molecular complexity index is 788. The smallest absolute Gasteiger partial charge is 0.286 e. The maximum Gasteiger partial charge on any atom is 0.291 e.